The van der Waals surface area contributed by atoms with E-state index in [4.69, 9.17) is 10.5 Å². The summed E-state index contributed by atoms with van der Waals surface area (Å²) in [5, 5.41) is 8.76. The number of rotatable bonds is 5. The molecular weight excluding hydrogens is 272 g/mol. The Labute approximate surface area is 121 Å². The molecule has 1 amide bonds. The fraction of sp³-hybridized carbons (Fsp3) is 0.214. The first-order valence-electron chi connectivity index (χ1n) is 6.33. The van der Waals surface area contributed by atoms with Crippen LogP contribution < -0.4 is 11.1 Å². The lowest BCUT2D eigenvalue weighted by Gasteiger charge is -2.16. The van der Waals surface area contributed by atoms with E-state index in [1.54, 1.807) is 0 Å². The smallest absolute Gasteiger partial charge is 0.328 e. The quantitative estimate of drug-likeness (QED) is 0.694. The Morgan fingerprint density at radius 2 is 2.10 bits per heavy atom. The Morgan fingerprint density at radius 1 is 1.38 bits per heavy atom. The number of anilines is 1. The Balaban J connectivity index is 2.12. The number of esters is 1. The minimum absolute atomic E-state index is 0.122. The van der Waals surface area contributed by atoms with Crippen molar-refractivity contribution in [3.05, 3.63) is 47.8 Å². The van der Waals surface area contributed by atoms with Gasteiger partial charge in [-0.25, -0.2) is 4.79 Å². The van der Waals surface area contributed by atoms with Gasteiger partial charge in [0.25, 0.3) is 5.91 Å². The van der Waals surface area contributed by atoms with Crippen molar-refractivity contribution in [3.63, 3.8) is 0 Å². The molecule has 1 atom stereocenters. The van der Waals surface area contributed by atoms with Crippen LogP contribution in [-0.4, -0.2) is 35.2 Å². The predicted molar refractivity (Wildman–Crippen MR) is 76.4 cm³/mol. The number of carbonyl (C=O) groups is 2. The van der Waals surface area contributed by atoms with E-state index < -0.39 is 17.9 Å². The average Bonchev–Trinajstić information content (AvgIpc) is 2.93. The first kappa shape index (κ1) is 14.6. The number of nitrogen functional groups attached to an aromatic ring is 1. The van der Waals surface area contributed by atoms with Crippen molar-refractivity contribution in [1.29, 1.82) is 0 Å². The van der Waals surface area contributed by atoms with Gasteiger partial charge >= 0.3 is 5.97 Å². The topological polar surface area (TPSA) is 110 Å². The van der Waals surface area contributed by atoms with Gasteiger partial charge in [-0.1, -0.05) is 30.3 Å². The average molecular weight is 288 g/mol. The van der Waals surface area contributed by atoms with Gasteiger partial charge in [-0.2, -0.15) is 5.10 Å². The van der Waals surface area contributed by atoms with Gasteiger partial charge < -0.3 is 15.8 Å². The number of nitrogens with two attached hydrogens (primary N) is 1. The molecule has 0 aliphatic carbocycles. The molecule has 2 aromatic rings. The molecular formula is C14H16N4O3. The van der Waals surface area contributed by atoms with Crippen LogP contribution in [0.3, 0.4) is 0 Å². The number of nitrogens with one attached hydrogen (secondary N) is 2. The number of hydrogen-bond donors (Lipinski definition) is 3. The summed E-state index contributed by atoms with van der Waals surface area (Å²) in [4.78, 5) is 23.9. The van der Waals surface area contributed by atoms with Gasteiger partial charge in [-0.05, 0) is 5.56 Å². The molecule has 0 radical (unpaired) electrons. The zero-order valence-corrected chi connectivity index (χ0v) is 11.5. The molecule has 7 nitrogen and oxygen atoms in total. The van der Waals surface area contributed by atoms with E-state index in [0.29, 0.717) is 6.42 Å². The Hall–Kier alpha value is -2.83. The van der Waals surface area contributed by atoms with Crippen molar-refractivity contribution >= 4 is 17.6 Å². The third-order valence-corrected chi connectivity index (χ3v) is 2.97. The van der Waals surface area contributed by atoms with Crippen LogP contribution in [0.15, 0.2) is 36.5 Å². The van der Waals surface area contributed by atoms with E-state index in [0.717, 1.165) is 5.56 Å². The molecule has 110 valence electrons. The number of aromatic nitrogens is 2. The first-order chi connectivity index (χ1) is 10.1. The lowest BCUT2D eigenvalue weighted by atomic mass is 10.1. The summed E-state index contributed by atoms with van der Waals surface area (Å²) < 4.78 is 4.72. The molecule has 1 aromatic heterocycles. The number of hydrogen-bond acceptors (Lipinski definition) is 5. The second-order valence-corrected chi connectivity index (χ2v) is 4.44. The van der Waals surface area contributed by atoms with E-state index in [1.807, 2.05) is 30.3 Å². The Morgan fingerprint density at radius 3 is 2.67 bits per heavy atom. The lowest BCUT2D eigenvalue weighted by molar-refractivity contribution is -0.142. The van der Waals surface area contributed by atoms with Gasteiger partial charge in [-0.3, -0.25) is 9.89 Å². The molecule has 0 bridgehead atoms. The van der Waals surface area contributed by atoms with Crippen molar-refractivity contribution in [1.82, 2.24) is 15.5 Å². The maximum Gasteiger partial charge on any atom is 0.328 e. The lowest BCUT2D eigenvalue weighted by Crippen LogP contribution is -2.43. The number of H-pyrrole nitrogens is 1. The minimum Gasteiger partial charge on any atom is -0.467 e. The van der Waals surface area contributed by atoms with E-state index in [1.165, 1.54) is 13.3 Å². The third-order valence-electron chi connectivity index (χ3n) is 2.97. The number of ether oxygens (including phenoxy) is 1. The highest BCUT2D eigenvalue weighted by Gasteiger charge is 2.24. The van der Waals surface area contributed by atoms with Gasteiger partial charge in [0.05, 0.1) is 19.0 Å². The first-order valence-corrected chi connectivity index (χ1v) is 6.33. The minimum atomic E-state index is -0.799. The molecule has 1 aromatic carbocycles. The summed E-state index contributed by atoms with van der Waals surface area (Å²) in [6.07, 6.45) is 1.66. The molecule has 2 rings (SSSR count). The maximum absolute atomic E-state index is 12.1. The van der Waals surface area contributed by atoms with Gasteiger partial charge in [0.2, 0.25) is 0 Å². The zero-order chi connectivity index (χ0) is 15.2. The number of aromatic amines is 1. The number of carbonyl (C=O) groups excluding carboxylic acids is 2. The Kier molecular flexibility index (Phi) is 4.55. The highest BCUT2D eigenvalue weighted by atomic mass is 16.5. The van der Waals surface area contributed by atoms with Crippen LogP contribution in [0.25, 0.3) is 0 Å². The van der Waals surface area contributed by atoms with Crippen LogP contribution in [0.4, 0.5) is 5.69 Å². The molecule has 0 saturated carbocycles. The standard InChI is InChI=1S/C14H16N4O3/c1-21-14(20)11(7-9-5-3-2-4-6-9)17-13(19)12-10(15)8-16-18-12/h2-6,8,11H,7,15H2,1H3,(H,16,18)(H,17,19). The van der Waals surface area contributed by atoms with Crippen LogP contribution in [0.2, 0.25) is 0 Å². The van der Waals surface area contributed by atoms with E-state index in [-0.39, 0.29) is 11.4 Å². The second-order valence-electron chi connectivity index (χ2n) is 4.44. The summed E-state index contributed by atoms with van der Waals surface area (Å²) in [7, 11) is 1.27. The van der Waals surface area contributed by atoms with Crippen LogP contribution >= 0.6 is 0 Å². The fourth-order valence-electron chi connectivity index (χ4n) is 1.89. The van der Waals surface area contributed by atoms with Gasteiger partial charge in [0.1, 0.15) is 11.7 Å². The largest absolute Gasteiger partial charge is 0.467 e. The zero-order valence-electron chi connectivity index (χ0n) is 11.5. The number of methoxy groups -OCH3 is 1. The molecule has 0 aliphatic rings. The molecule has 0 spiro atoms. The van der Waals surface area contributed by atoms with Crippen molar-refractivity contribution in [2.24, 2.45) is 0 Å². The third kappa shape index (κ3) is 3.59. The second kappa shape index (κ2) is 6.56. The highest BCUT2D eigenvalue weighted by Crippen LogP contribution is 2.08. The molecule has 7 heteroatoms. The summed E-state index contributed by atoms with van der Waals surface area (Å²) in [6, 6.07) is 8.53. The number of nitrogens with zero attached hydrogens (tertiary/aromatic N) is 1. The molecule has 21 heavy (non-hydrogen) atoms. The van der Waals surface area contributed by atoms with Crippen molar-refractivity contribution < 1.29 is 14.3 Å². The molecule has 4 N–H and O–H groups in total. The molecule has 0 fully saturated rings. The van der Waals surface area contributed by atoms with Crippen molar-refractivity contribution in [2.45, 2.75) is 12.5 Å². The van der Waals surface area contributed by atoms with Crippen molar-refractivity contribution in [2.75, 3.05) is 12.8 Å². The Bertz CT molecular complexity index is 624. The van der Waals surface area contributed by atoms with E-state index in [2.05, 4.69) is 15.5 Å². The van der Waals surface area contributed by atoms with Crippen LogP contribution in [-0.2, 0) is 16.0 Å². The molecule has 0 saturated heterocycles. The highest BCUT2D eigenvalue weighted by molar-refractivity contribution is 5.99. The monoisotopic (exact) mass is 288 g/mol. The number of benzene rings is 1. The summed E-state index contributed by atoms with van der Waals surface area (Å²) >= 11 is 0. The normalized spacial score (nSPS) is 11.7. The predicted octanol–water partition coefficient (Wildman–Crippen LogP) is 0.506. The maximum atomic E-state index is 12.1. The summed E-state index contributed by atoms with van der Waals surface area (Å²) in [5.74, 6) is -1.03. The number of amides is 1. The fourth-order valence-corrected chi connectivity index (χ4v) is 1.89. The summed E-state index contributed by atoms with van der Waals surface area (Å²) in [6.45, 7) is 0. The van der Waals surface area contributed by atoms with Crippen molar-refractivity contribution in [3.8, 4) is 0 Å². The van der Waals surface area contributed by atoms with Gasteiger partial charge in [0, 0.05) is 6.42 Å². The van der Waals surface area contributed by atoms with E-state index in [9.17, 15) is 9.59 Å². The van der Waals surface area contributed by atoms with Gasteiger partial charge in [-0.15, -0.1) is 0 Å². The van der Waals surface area contributed by atoms with Crippen LogP contribution in [0.5, 0.6) is 0 Å². The molecule has 1 heterocycles. The van der Waals surface area contributed by atoms with E-state index >= 15 is 0 Å². The summed E-state index contributed by atoms with van der Waals surface area (Å²) in [5.41, 5.74) is 6.86. The SMILES string of the molecule is COC(=O)C(Cc1ccccc1)NC(=O)c1[nH]ncc1N. The van der Waals surface area contributed by atoms with Crippen LogP contribution in [0, 0.1) is 0 Å². The molecule has 1 unspecified atom stereocenters. The molecule has 0 aliphatic heterocycles. The van der Waals surface area contributed by atoms with Gasteiger partial charge in [0.15, 0.2) is 0 Å². The van der Waals surface area contributed by atoms with Crippen LogP contribution in [0.1, 0.15) is 16.1 Å².